The van der Waals surface area contributed by atoms with E-state index in [0.29, 0.717) is 0 Å². The lowest BCUT2D eigenvalue weighted by molar-refractivity contribution is -0.119. The number of piperidine rings is 1. The molecule has 1 aliphatic rings. The molecule has 1 aliphatic heterocycles. The Kier molecular flexibility index (Phi) is 7.46. The standard InChI is InChI=1S/C24H32N4O2/c1-18-8-7-9-22(19(18)2)26-24(30)17-27(3)16-23(29)25-20-10-12-21(13-11-20)28-14-5-4-6-15-28/h7-13H,4-6,14-17H2,1-3H3,(H,25,29)(H,26,30). The molecule has 0 saturated carbocycles. The number of carbonyl (C=O) groups excluding carboxylic acids is 2. The number of hydrogen-bond acceptors (Lipinski definition) is 4. The van der Waals surface area contributed by atoms with Crippen molar-refractivity contribution in [2.24, 2.45) is 0 Å². The van der Waals surface area contributed by atoms with Crippen LogP contribution in [0.25, 0.3) is 0 Å². The zero-order valence-electron chi connectivity index (χ0n) is 18.2. The lowest BCUT2D eigenvalue weighted by Crippen LogP contribution is -2.36. The highest BCUT2D eigenvalue weighted by Crippen LogP contribution is 2.22. The predicted molar refractivity (Wildman–Crippen MR) is 123 cm³/mol. The first-order valence-electron chi connectivity index (χ1n) is 10.6. The number of benzene rings is 2. The number of nitrogens with one attached hydrogen (secondary N) is 2. The van der Waals surface area contributed by atoms with E-state index < -0.39 is 0 Å². The van der Waals surface area contributed by atoms with Gasteiger partial charge in [-0.25, -0.2) is 0 Å². The second kappa shape index (κ2) is 10.3. The minimum Gasteiger partial charge on any atom is -0.372 e. The van der Waals surface area contributed by atoms with Gasteiger partial charge in [0.05, 0.1) is 13.1 Å². The van der Waals surface area contributed by atoms with Crippen molar-refractivity contribution in [1.82, 2.24) is 4.90 Å². The van der Waals surface area contributed by atoms with E-state index in [-0.39, 0.29) is 24.9 Å². The van der Waals surface area contributed by atoms with Crippen molar-refractivity contribution in [2.75, 3.05) is 48.8 Å². The number of amides is 2. The van der Waals surface area contributed by atoms with Crippen LogP contribution in [0.5, 0.6) is 0 Å². The Morgan fingerprint density at radius 1 is 0.900 bits per heavy atom. The van der Waals surface area contributed by atoms with Crippen molar-refractivity contribution in [2.45, 2.75) is 33.1 Å². The highest BCUT2D eigenvalue weighted by Gasteiger charge is 2.13. The molecule has 0 aromatic heterocycles. The van der Waals surface area contributed by atoms with Gasteiger partial charge < -0.3 is 15.5 Å². The molecule has 2 N–H and O–H groups in total. The maximum absolute atomic E-state index is 12.4. The number of rotatable bonds is 7. The number of hydrogen-bond donors (Lipinski definition) is 2. The SMILES string of the molecule is Cc1cccc(NC(=O)CN(C)CC(=O)Nc2ccc(N3CCCCC3)cc2)c1C. The molecule has 2 aromatic carbocycles. The highest BCUT2D eigenvalue weighted by molar-refractivity contribution is 5.95. The third-order valence-electron chi connectivity index (χ3n) is 5.58. The van der Waals surface area contributed by atoms with Crippen LogP contribution >= 0.6 is 0 Å². The van der Waals surface area contributed by atoms with Crippen molar-refractivity contribution in [1.29, 1.82) is 0 Å². The molecule has 0 unspecified atom stereocenters. The van der Waals surface area contributed by atoms with E-state index in [4.69, 9.17) is 0 Å². The summed E-state index contributed by atoms with van der Waals surface area (Å²) < 4.78 is 0. The molecular formula is C24H32N4O2. The molecule has 2 amide bonds. The van der Waals surface area contributed by atoms with Crippen LogP contribution in [0.1, 0.15) is 30.4 Å². The number of nitrogens with zero attached hydrogens (tertiary/aromatic N) is 2. The van der Waals surface area contributed by atoms with Crippen molar-refractivity contribution in [3.63, 3.8) is 0 Å². The monoisotopic (exact) mass is 408 g/mol. The van der Waals surface area contributed by atoms with E-state index in [1.807, 2.05) is 44.2 Å². The molecular weight excluding hydrogens is 376 g/mol. The van der Waals surface area contributed by atoms with Gasteiger partial charge in [-0.2, -0.15) is 0 Å². The summed E-state index contributed by atoms with van der Waals surface area (Å²) in [7, 11) is 1.77. The summed E-state index contributed by atoms with van der Waals surface area (Å²) in [5, 5.41) is 5.84. The summed E-state index contributed by atoms with van der Waals surface area (Å²) in [5.41, 5.74) is 4.97. The second-order valence-electron chi connectivity index (χ2n) is 8.11. The maximum Gasteiger partial charge on any atom is 0.238 e. The minimum atomic E-state index is -0.136. The van der Waals surface area contributed by atoms with Crippen LogP contribution in [-0.2, 0) is 9.59 Å². The van der Waals surface area contributed by atoms with E-state index in [9.17, 15) is 9.59 Å². The van der Waals surface area contributed by atoms with Gasteiger partial charge in [0.2, 0.25) is 11.8 Å². The van der Waals surface area contributed by atoms with E-state index in [1.165, 1.54) is 24.9 Å². The van der Waals surface area contributed by atoms with Gasteiger partial charge in [-0.3, -0.25) is 14.5 Å². The summed E-state index contributed by atoms with van der Waals surface area (Å²) in [6.07, 6.45) is 3.78. The average Bonchev–Trinajstić information content (AvgIpc) is 2.72. The normalized spacial score (nSPS) is 13.9. The van der Waals surface area contributed by atoms with Gasteiger partial charge in [-0.1, -0.05) is 12.1 Å². The van der Waals surface area contributed by atoms with E-state index >= 15 is 0 Å². The molecule has 0 aliphatic carbocycles. The van der Waals surface area contributed by atoms with Gasteiger partial charge >= 0.3 is 0 Å². The van der Waals surface area contributed by atoms with Crippen LogP contribution in [0.3, 0.4) is 0 Å². The topological polar surface area (TPSA) is 64.7 Å². The summed E-state index contributed by atoms with van der Waals surface area (Å²) in [6, 6.07) is 13.8. The Bertz CT molecular complexity index is 873. The van der Waals surface area contributed by atoms with Crippen molar-refractivity contribution < 1.29 is 9.59 Å². The molecule has 1 saturated heterocycles. The van der Waals surface area contributed by atoms with Gasteiger partial charge in [0, 0.05) is 30.2 Å². The fraction of sp³-hybridized carbons (Fsp3) is 0.417. The van der Waals surface area contributed by atoms with E-state index in [1.54, 1.807) is 11.9 Å². The third-order valence-corrected chi connectivity index (χ3v) is 5.58. The fourth-order valence-electron chi connectivity index (χ4n) is 3.73. The van der Waals surface area contributed by atoms with Crippen LogP contribution in [0.2, 0.25) is 0 Å². The quantitative estimate of drug-likeness (QED) is 0.731. The molecule has 160 valence electrons. The second-order valence-corrected chi connectivity index (χ2v) is 8.11. The fourth-order valence-corrected chi connectivity index (χ4v) is 3.73. The van der Waals surface area contributed by atoms with Crippen LogP contribution in [0.15, 0.2) is 42.5 Å². The number of carbonyl (C=O) groups is 2. The van der Waals surface area contributed by atoms with Gasteiger partial charge in [-0.15, -0.1) is 0 Å². The predicted octanol–water partition coefficient (Wildman–Crippen LogP) is 3.80. The highest BCUT2D eigenvalue weighted by atomic mass is 16.2. The molecule has 30 heavy (non-hydrogen) atoms. The molecule has 2 aromatic rings. The van der Waals surface area contributed by atoms with Crippen LogP contribution in [0, 0.1) is 13.8 Å². The summed E-state index contributed by atoms with van der Waals surface area (Å²) in [5.74, 6) is -0.271. The molecule has 0 spiro atoms. The van der Waals surface area contributed by atoms with Gasteiger partial charge in [0.25, 0.3) is 0 Å². The van der Waals surface area contributed by atoms with Crippen molar-refractivity contribution in [3.8, 4) is 0 Å². The Morgan fingerprint density at radius 2 is 1.53 bits per heavy atom. The van der Waals surface area contributed by atoms with E-state index in [0.717, 1.165) is 35.6 Å². The third kappa shape index (κ3) is 6.07. The zero-order chi connectivity index (χ0) is 21.5. The van der Waals surface area contributed by atoms with Gasteiger partial charge in [0.15, 0.2) is 0 Å². The summed E-state index contributed by atoms with van der Waals surface area (Å²) in [4.78, 5) is 28.8. The largest absolute Gasteiger partial charge is 0.372 e. The summed E-state index contributed by atoms with van der Waals surface area (Å²) >= 11 is 0. The molecule has 1 fully saturated rings. The smallest absolute Gasteiger partial charge is 0.238 e. The number of aryl methyl sites for hydroxylation is 1. The van der Waals surface area contributed by atoms with Gasteiger partial charge in [-0.05, 0) is 81.6 Å². The summed E-state index contributed by atoms with van der Waals surface area (Å²) in [6.45, 7) is 6.49. The lowest BCUT2D eigenvalue weighted by atomic mass is 10.1. The van der Waals surface area contributed by atoms with Crippen LogP contribution in [-0.4, -0.2) is 49.9 Å². The van der Waals surface area contributed by atoms with E-state index in [2.05, 4.69) is 27.7 Å². The first-order chi connectivity index (χ1) is 14.4. The Hall–Kier alpha value is -2.86. The van der Waals surface area contributed by atoms with Crippen molar-refractivity contribution >= 4 is 28.9 Å². The number of anilines is 3. The first kappa shape index (κ1) is 21.8. The average molecular weight is 409 g/mol. The lowest BCUT2D eigenvalue weighted by Gasteiger charge is -2.28. The number of likely N-dealkylation sites (N-methyl/N-ethyl adjacent to an activating group) is 1. The Balaban J connectivity index is 1.45. The Morgan fingerprint density at radius 3 is 2.20 bits per heavy atom. The molecule has 0 atom stereocenters. The van der Waals surface area contributed by atoms with Crippen LogP contribution in [0.4, 0.5) is 17.1 Å². The van der Waals surface area contributed by atoms with Gasteiger partial charge in [0.1, 0.15) is 0 Å². The zero-order valence-corrected chi connectivity index (χ0v) is 18.2. The Labute approximate surface area is 179 Å². The van der Waals surface area contributed by atoms with Crippen LogP contribution < -0.4 is 15.5 Å². The molecule has 6 heteroatoms. The first-order valence-corrected chi connectivity index (χ1v) is 10.6. The molecule has 1 heterocycles. The van der Waals surface area contributed by atoms with Crippen molar-refractivity contribution in [3.05, 3.63) is 53.6 Å². The maximum atomic E-state index is 12.4. The minimum absolute atomic E-state index is 0.134. The molecule has 3 rings (SSSR count). The molecule has 0 bridgehead atoms. The molecule has 0 radical (unpaired) electrons. The molecule has 6 nitrogen and oxygen atoms in total.